The number of amides is 2. The third kappa shape index (κ3) is 5.12. The Morgan fingerprint density at radius 1 is 1.13 bits per heavy atom. The molecule has 0 aliphatic rings. The zero-order valence-corrected chi connectivity index (χ0v) is 12.7. The van der Waals surface area contributed by atoms with Crippen molar-refractivity contribution < 1.29 is 14.7 Å². The summed E-state index contributed by atoms with van der Waals surface area (Å²) in [5, 5.41) is 16.2. The molecule has 0 bridgehead atoms. The van der Waals surface area contributed by atoms with E-state index < -0.39 is 5.91 Å². The predicted molar refractivity (Wildman–Crippen MR) is 87.6 cm³/mol. The lowest BCUT2D eigenvalue weighted by molar-refractivity contribution is -0.120. The number of carbonyl (C=O) groups excluding carboxylic acids is 2. The molecule has 0 heterocycles. The normalized spacial score (nSPS) is 10.5. The Bertz CT molecular complexity index is 730. The van der Waals surface area contributed by atoms with Crippen LogP contribution in [0.3, 0.4) is 0 Å². The van der Waals surface area contributed by atoms with Crippen LogP contribution in [0.25, 0.3) is 0 Å². The van der Waals surface area contributed by atoms with Crippen LogP contribution in [0.5, 0.6) is 5.75 Å². The zero-order chi connectivity index (χ0) is 16.7. The first-order valence-electron chi connectivity index (χ1n) is 6.70. The van der Waals surface area contributed by atoms with Crippen molar-refractivity contribution in [2.24, 2.45) is 5.10 Å². The molecule has 3 N–H and O–H groups in total. The summed E-state index contributed by atoms with van der Waals surface area (Å²) in [6.45, 7) is -0.223. The fraction of sp³-hybridized carbons (Fsp3) is 0.0625. The van der Waals surface area contributed by atoms with Gasteiger partial charge in [0, 0.05) is 16.1 Å². The summed E-state index contributed by atoms with van der Waals surface area (Å²) in [6, 6.07) is 12.9. The van der Waals surface area contributed by atoms with Crippen LogP contribution in [0.1, 0.15) is 15.9 Å². The van der Waals surface area contributed by atoms with Crippen LogP contribution in [0.4, 0.5) is 0 Å². The number of nitrogens with one attached hydrogen (secondary N) is 2. The number of benzene rings is 2. The zero-order valence-electron chi connectivity index (χ0n) is 12.0. The van der Waals surface area contributed by atoms with Crippen LogP contribution in [0.2, 0.25) is 5.02 Å². The van der Waals surface area contributed by atoms with E-state index in [4.69, 9.17) is 11.6 Å². The second-order valence-corrected chi connectivity index (χ2v) is 4.98. The van der Waals surface area contributed by atoms with E-state index >= 15 is 0 Å². The summed E-state index contributed by atoms with van der Waals surface area (Å²) >= 11 is 5.73. The number of rotatable bonds is 5. The number of hydrogen-bond acceptors (Lipinski definition) is 4. The number of aromatic hydroxyl groups is 1. The van der Waals surface area contributed by atoms with Crippen LogP contribution < -0.4 is 10.7 Å². The highest BCUT2D eigenvalue weighted by atomic mass is 35.5. The van der Waals surface area contributed by atoms with E-state index in [9.17, 15) is 14.7 Å². The van der Waals surface area contributed by atoms with Crippen molar-refractivity contribution in [3.05, 3.63) is 64.7 Å². The number of phenols is 1. The Morgan fingerprint density at radius 2 is 1.83 bits per heavy atom. The molecule has 2 aromatic carbocycles. The average molecular weight is 332 g/mol. The lowest BCUT2D eigenvalue weighted by atomic mass is 10.2. The Morgan fingerprint density at radius 3 is 2.52 bits per heavy atom. The van der Waals surface area contributed by atoms with Crippen molar-refractivity contribution in [1.82, 2.24) is 10.7 Å². The van der Waals surface area contributed by atoms with Gasteiger partial charge in [0.15, 0.2) is 0 Å². The Balaban J connectivity index is 1.80. The highest BCUT2D eigenvalue weighted by Gasteiger charge is 2.07. The van der Waals surface area contributed by atoms with Gasteiger partial charge in [-0.15, -0.1) is 0 Å². The second-order valence-electron chi connectivity index (χ2n) is 4.54. The van der Waals surface area contributed by atoms with Gasteiger partial charge >= 0.3 is 0 Å². The molecule has 2 amide bonds. The minimum absolute atomic E-state index is 0.0570. The Labute approximate surface area is 137 Å². The molecule has 118 valence electrons. The molecule has 0 unspecified atom stereocenters. The Kier molecular flexibility index (Phi) is 5.71. The van der Waals surface area contributed by atoms with Gasteiger partial charge in [-0.1, -0.05) is 23.7 Å². The van der Waals surface area contributed by atoms with Crippen molar-refractivity contribution in [3.63, 3.8) is 0 Å². The topological polar surface area (TPSA) is 90.8 Å². The third-order valence-electron chi connectivity index (χ3n) is 2.85. The van der Waals surface area contributed by atoms with Crippen LogP contribution >= 0.6 is 11.6 Å². The molecule has 0 fully saturated rings. The fourth-order valence-corrected chi connectivity index (χ4v) is 1.80. The minimum Gasteiger partial charge on any atom is -0.507 e. The van der Waals surface area contributed by atoms with Crippen molar-refractivity contribution in [1.29, 1.82) is 0 Å². The molecule has 0 radical (unpaired) electrons. The lowest BCUT2D eigenvalue weighted by Crippen LogP contribution is -2.34. The van der Waals surface area contributed by atoms with Crippen molar-refractivity contribution in [2.45, 2.75) is 0 Å². The van der Waals surface area contributed by atoms with E-state index in [2.05, 4.69) is 15.8 Å². The standard InChI is InChI=1S/C16H14ClN3O3/c17-13-7-5-11(6-8-13)16(23)18-10-15(22)20-19-9-12-3-1-2-4-14(12)21/h1-9,21H,10H2,(H,18,23)(H,20,22)/b19-9+. The van der Waals surface area contributed by atoms with E-state index in [1.165, 1.54) is 12.3 Å². The molecular weight excluding hydrogens is 318 g/mol. The van der Waals surface area contributed by atoms with Gasteiger partial charge in [0.05, 0.1) is 12.8 Å². The molecular formula is C16H14ClN3O3. The molecule has 2 aromatic rings. The van der Waals surface area contributed by atoms with E-state index in [0.717, 1.165) is 0 Å². The van der Waals surface area contributed by atoms with Crippen molar-refractivity contribution in [3.8, 4) is 5.75 Å². The van der Waals surface area contributed by atoms with Crippen LogP contribution in [0, 0.1) is 0 Å². The maximum absolute atomic E-state index is 11.8. The quantitative estimate of drug-likeness (QED) is 0.577. The molecule has 0 aliphatic heterocycles. The molecule has 0 atom stereocenters. The smallest absolute Gasteiger partial charge is 0.259 e. The first-order valence-corrected chi connectivity index (χ1v) is 7.08. The molecule has 0 saturated carbocycles. The minimum atomic E-state index is -0.487. The molecule has 7 heteroatoms. The van der Waals surface area contributed by atoms with Gasteiger partial charge in [0.1, 0.15) is 5.75 Å². The summed E-state index contributed by atoms with van der Waals surface area (Å²) < 4.78 is 0. The highest BCUT2D eigenvalue weighted by molar-refractivity contribution is 6.30. The highest BCUT2D eigenvalue weighted by Crippen LogP contribution is 2.12. The van der Waals surface area contributed by atoms with E-state index in [-0.39, 0.29) is 18.2 Å². The fourth-order valence-electron chi connectivity index (χ4n) is 1.67. The number of para-hydroxylation sites is 1. The summed E-state index contributed by atoms with van der Waals surface area (Å²) in [5.41, 5.74) is 3.13. The predicted octanol–water partition coefficient (Wildman–Crippen LogP) is 1.93. The maximum Gasteiger partial charge on any atom is 0.259 e. The largest absolute Gasteiger partial charge is 0.507 e. The molecule has 0 aromatic heterocycles. The van der Waals surface area contributed by atoms with Gasteiger partial charge < -0.3 is 10.4 Å². The van der Waals surface area contributed by atoms with Crippen LogP contribution in [0.15, 0.2) is 53.6 Å². The monoisotopic (exact) mass is 331 g/mol. The SMILES string of the molecule is O=C(CNC(=O)c1ccc(Cl)cc1)N/N=C/c1ccccc1O. The molecule has 2 rings (SSSR count). The van der Waals surface area contributed by atoms with Gasteiger partial charge in [0.2, 0.25) is 0 Å². The number of hydrazone groups is 1. The Hall–Kier alpha value is -2.86. The van der Waals surface area contributed by atoms with Crippen molar-refractivity contribution >= 4 is 29.6 Å². The molecule has 23 heavy (non-hydrogen) atoms. The number of hydrogen-bond donors (Lipinski definition) is 3. The number of nitrogens with zero attached hydrogens (tertiary/aromatic N) is 1. The maximum atomic E-state index is 11.8. The third-order valence-corrected chi connectivity index (χ3v) is 3.10. The van der Waals surface area contributed by atoms with Crippen molar-refractivity contribution in [2.75, 3.05) is 6.54 Å². The van der Waals surface area contributed by atoms with E-state index in [0.29, 0.717) is 16.1 Å². The van der Waals surface area contributed by atoms with Crippen LogP contribution in [-0.4, -0.2) is 29.7 Å². The lowest BCUT2D eigenvalue weighted by Gasteiger charge is -2.04. The molecule has 0 spiro atoms. The van der Waals surface area contributed by atoms with Gasteiger partial charge in [-0.05, 0) is 36.4 Å². The number of carbonyl (C=O) groups is 2. The van der Waals surface area contributed by atoms with E-state index in [1.54, 1.807) is 42.5 Å². The van der Waals surface area contributed by atoms with Gasteiger partial charge in [-0.2, -0.15) is 5.10 Å². The second kappa shape index (κ2) is 7.95. The van der Waals surface area contributed by atoms with Gasteiger partial charge in [0.25, 0.3) is 11.8 Å². The van der Waals surface area contributed by atoms with Crippen LogP contribution in [-0.2, 0) is 4.79 Å². The average Bonchev–Trinajstić information content (AvgIpc) is 2.55. The summed E-state index contributed by atoms with van der Waals surface area (Å²) in [5.74, 6) is -0.818. The number of halogens is 1. The summed E-state index contributed by atoms with van der Waals surface area (Å²) in [6.07, 6.45) is 1.31. The summed E-state index contributed by atoms with van der Waals surface area (Å²) in [4.78, 5) is 23.4. The number of phenolic OH excluding ortho intramolecular Hbond substituents is 1. The summed E-state index contributed by atoms with van der Waals surface area (Å²) in [7, 11) is 0. The molecule has 6 nitrogen and oxygen atoms in total. The first-order chi connectivity index (χ1) is 11.1. The van der Waals surface area contributed by atoms with Gasteiger partial charge in [-0.25, -0.2) is 5.43 Å². The molecule has 0 aliphatic carbocycles. The molecule has 0 saturated heterocycles. The first kappa shape index (κ1) is 16.5. The van der Waals surface area contributed by atoms with Gasteiger partial charge in [-0.3, -0.25) is 9.59 Å². The van der Waals surface area contributed by atoms with E-state index in [1.807, 2.05) is 0 Å².